The molecule has 1 saturated heterocycles. The Hall–Kier alpha value is -3.08. The van der Waals surface area contributed by atoms with Gasteiger partial charge >= 0.3 is 6.09 Å². The van der Waals surface area contributed by atoms with Crippen molar-refractivity contribution in [1.82, 2.24) is 9.88 Å². The van der Waals surface area contributed by atoms with Crippen LogP contribution in [0, 0.1) is 5.82 Å². The van der Waals surface area contributed by atoms with E-state index in [4.69, 9.17) is 9.16 Å². The number of hydrogen-bond donors (Lipinski definition) is 1. The fraction of sp³-hybridized carbons (Fsp3) is 0.514. The number of amides is 2. The molecule has 1 aliphatic heterocycles. The number of carbonyl (C=O) groups excluding carboxylic acids is 2. The van der Waals surface area contributed by atoms with Crippen molar-refractivity contribution >= 4 is 37.3 Å². The highest BCUT2D eigenvalue weighted by atomic mass is 32.1. The van der Waals surface area contributed by atoms with Crippen LogP contribution in [0.5, 0.6) is 0 Å². The summed E-state index contributed by atoms with van der Waals surface area (Å²) in [6, 6.07) is 13.8. The van der Waals surface area contributed by atoms with Crippen molar-refractivity contribution in [2.45, 2.75) is 116 Å². The van der Waals surface area contributed by atoms with Crippen molar-refractivity contribution < 1.29 is 23.1 Å². The molecule has 0 radical (unpaired) electrons. The molecule has 4 rings (SSSR count). The van der Waals surface area contributed by atoms with Crippen LogP contribution in [-0.4, -0.2) is 47.9 Å². The Labute approximate surface area is 272 Å². The van der Waals surface area contributed by atoms with Gasteiger partial charge in [0, 0.05) is 17.1 Å². The van der Waals surface area contributed by atoms with Crippen LogP contribution in [0.1, 0.15) is 90.2 Å². The minimum atomic E-state index is -2.33. The maximum atomic E-state index is 14.6. The first-order valence-corrected chi connectivity index (χ1v) is 19.5. The summed E-state index contributed by atoms with van der Waals surface area (Å²) in [5.41, 5.74) is 4.26. The third-order valence-corrected chi connectivity index (χ3v) is 13.9. The molecule has 10 heteroatoms. The van der Waals surface area contributed by atoms with E-state index in [9.17, 15) is 14.0 Å². The smallest absolute Gasteiger partial charge is 0.410 e. The van der Waals surface area contributed by atoms with Gasteiger partial charge in [-0.05, 0) is 100 Å². The average Bonchev–Trinajstić information content (AvgIpc) is 3.61. The Morgan fingerprint density at radius 2 is 1.78 bits per heavy atom. The van der Waals surface area contributed by atoms with Gasteiger partial charge in [-0.25, -0.2) is 14.2 Å². The highest BCUT2D eigenvalue weighted by Gasteiger charge is 2.47. The molecular formula is C35H48FN3O4SSi. The molecule has 1 fully saturated rings. The molecule has 0 bridgehead atoms. The van der Waals surface area contributed by atoms with Crippen molar-refractivity contribution in [3.05, 3.63) is 82.1 Å². The SMILES string of the molecule is CC(C(=O)Nc1ccc(C[C@@H]2CC[C@H]([C@H](O[Si](C)(C)C(C)(C)C)c3cccc(F)c3)N2C(=O)OC(C)(C)C)cc1)c1cscn1. The van der Waals surface area contributed by atoms with Crippen molar-refractivity contribution in [2.24, 2.45) is 0 Å². The summed E-state index contributed by atoms with van der Waals surface area (Å²) in [5.74, 6) is -0.801. The lowest BCUT2D eigenvalue weighted by atomic mass is 10.0. The molecule has 244 valence electrons. The van der Waals surface area contributed by atoms with Crippen molar-refractivity contribution in [1.29, 1.82) is 0 Å². The lowest BCUT2D eigenvalue weighted by Gasteiger charge is -2.43. The first kappa shape index (κ1) is 34.8. The van der Waals surface area contributed by atoms with Crippen LogP contribution in [0.25, 0.3) is 0 Å². The van der Waals surface area contributed by atoms with Crippen LogP contribution >= 0.6 is 11.3 Å². The molecule has 1 aromatic heterocycles. The summed E-state index contributed by atoms with van der Waals surface area (Å²) < 4.78 is 27.5. The lowest BCUT2D eigenvalue weighted by Crippen LogP contribution is -2.50. The van der Waals surface area contributed by atoms with Gasteiger partial charge in [-0.15, -0.1) is 11.3 Å². The molecule has 0 saturated carbocycles. The summed E-state index contributed by atoms with van der Waals surface area (Å²) >= 11 is 1.47. The lowest BCUT2D eigenvalue weighted by molar-refractivity contribution is -0.117. The van der Waals surface area contributed by atoms with Crippen LogP contribution in [0.2, 0.25) is 18.1 Å². The highest BCUT2D eigenvalue weighted by Crippen LogP contribution is 2.44. The summed E-state index contributed by atoms with van der Waals surface area (Å²) in [4.78, 5) is 32.8. The van der Waals surface area contributed by atoms with E-state index in [2.05, 4.69) is 44.2 Å². The molecule has 0 spiro atoms. The number of halogens is 1. The van der Waals surface area contributed by atoms with Gasteiger partial charge in [-0.1, -0.05) is 45.0 Å². The van der Waals surface area contributed by atoms with E-state index in [0.717, 1.165) is 23.2 Å². The molecule has 0 aliphatic carbocycles. The Kier molecular flexibility index (Phi) is 10.6. The number of hydrogen-bond acceptors (Lipinski definition) is 6. The van der Waals surface area contributed by atoms with Gasteiger partial charge in [0.25, 0.3) is 0 Å². The monoisotopic (exact) mass is 653 g/mol. The number of carbonyl (C=O) groups is 2. The second-order valence-corrected chi connectivity index (χ2v) is 20.0. The minimum Gasteiger partial charge on any atom is -0.444 e. The standard InChI is InChI=1S/C35H48FN3O4SSi/c1-23(29-21-44-22-37-29)32(40)38-27-15-13-24(14-16-27)19-28-17-18-30(39(28)33(41)42-34(2,3)4)31(25-11-10-12-26(36)20-25)43-45(8,9)35(5,6)7/h10-16,20-23,28,30-31H,17-19H2,1-9H3,(H,38,40)/t23?,28-,30+,31+/m0/s1. The Morgan fingerprint density at radius 1 is 1.09 bits per heavy atom. The zero-order valence-corrected chi connectivity index (χ0v) is 29.8. The molecule has 2 heterocycles. The number of nitrogens with zero attached hydrogens (tertiary/aromatic N) is 2. The molecule has 45 heavy (non-hydrogen) atoms. The predicted octanol–water partition coefficient (Wildman–Crippen LogP) is 9.10. The Morgan fingerprint density at radius 3 is 2.36 bits per heavy atom. The van der Waals surface area contributed by atoms with E-state index in [1.54, 1.807) is 11.6 Å². The molecule has 3 aromatic rings. The van der Waals surface area contributed by atoms with E-state index in [0.29, 0.717) is 18.5 Å². The number of ether oxygens (including phenoxy) is 1. The number of thiazole rings is 1. The minimum absolute atomic E-state index is 0.0808. The van der Waals surface area contributed by atoms with E-state index in [1.807, 2.05) is 68.3 Å². The normalized spacial score (nSPS) is 18.8. The molecule has 1 aliphatic rings. The van der Waals surface area contributed by atoms with Crippen molar-refractivity contribution in [2.75, 3.05) is 5.32 Å². The van der Waals surface area contributed by atoms with Crippen molar-refractivity contribution in [3.63, 3.8) is 0 Å². The number of nitrogens with one attached hydrogen (secondary N) is 1. The summed E-state index contributed by atoms with van der Waals surface area (Å²) in [6.07, 6.45) is 1.16. The molecule has 7 nitrogen and oxygen atoms in total. The second kappa shape index (κ2) is 13.7. The Bertz CT molecular complexity index is 1450. The highest BCUT2D eigenvalue weighted by molar-refractivity contribution is 7.07. The zero-order chi connectivity index (χ0) is 33.2. The number of aromatic nitrogens is 1. The maximum absolute atomic E-state index is 14.6. The van der Waals surface area contributed by atoms with Crippen LogP contribution in [0.4, 0.5) is 14.9 Å². The van der Waals surface area contributed by atoms with Crippen LogP contribution in [0.15, 0.2) is 59.4 Å². The fourth-order valence-corrected chi connectivity index (χ4v) is 7.30. The number of rotatable bonds is 9. The first-order chi connectivity index (χ1) is 20.9. The van der Waals surface area contributed by atoms with E-state index < -0.39 is 26.1 Å². The van der Waals surface area contributed by atoms with Crippen LogP contribution in [-0.2, 0) is 20.4 Å². The molecule has 2 aromatic carbocycles. The summed E-state index contributed by atoms with van der Waals surface area (Å²) in [7, 11) is -2.33. The molecule has 2 amide bonds. The van der Waals surface area contributed by atoms with Crippen LogP contribution in [0.3, 0.4) is 0 Å². The number of likely N-dealkylation sites (tertiary alicyclic amines) is 1. The molecule has 1 unspecified atom stereocenters. The van der Waals surface area contributed by atoms with Gasteiger partial charge in [0.15, 0.2) is 8.32 Å². The van der Waals surface area contributed by atoms with E-state index in [-0.39, 0.29) is 34.8 Å². The Balaban J connectivity index is 1.60. The average molecular weight is 654 g/mol. The third kappa shape index (κ3) is 8.80. The zero-order valence-electron chi connectivity index (χ0n) is 28.0. The molecular weight excluding hydrogens is 606 g/mol. The van der Waals surface area contributed by atoms with Gasteiger partial charge in [0.1, 0.15) is 11.4 Å². The number of anilines is 1. The third-order valence-electron chi connectivity index (χ3n) is 8.89. The maximum Gasteiger partial charge on any atom is 0.410 e. The summed E-state index contributed by atoms with van der Waals surface area (Å²) in [6.45, 7) is 18.3. The van der Waals surface area contributed by atoms with Crippen LogP contribution < -0.4 is 5.32 Å². The summed E-state index contributed by atoms with van der Waals surface area (Å²) in [5, 5.41) is 4.78. The quantitative estimate of drug-likeness (QED) is 0.233. The fourth-order valence-electron chi connectivity index (χ4n) is 5.37. The van der Waals surface area contributed by atoms with Gasteiger partial charge in [0.05, 0.1) is 29.3 Å². The topological polar surface area (TPSA) is 80.8 Å². The van der Waals surface area contributed by atoms with E-state index in [1.165, 1.54) is 23.5 Å². The molecule has 4 atom stereocenters. The van der Waals surface area contributed by atoms with Gasteiger partial charge in [0.2, 0.25) is 5.91 Å². The predicted molar refractivity (Wildman–Crippen MR) is 182 cm³/mol. The van der Waals surface area contributed by atoms with Gasteiger partial charge in [-0.3, -0.25) is 9.69 Å². The first-order valence-electron chi connectivity index (χ1n) is 15.7. The van der Waals surface area contributed by atoms with Gasteiger partial charge < -0.3 is 14.5 Å². The van der Waals surface area contributed by atoms with Crippen molar-refractivity contribution in [3.8, 4) is 0 Å². The van der Waals surface area contributed by atoms with Gasteiger partial charge in [-0.2, -0.15) is 0 Å². The second-order valence-electron chi connectivity index (χ2n) is 14.6. The molecule has 1 N–H and O–H groups in total. The largest absolute Gasteiger partial charge is 0.444 e. The number of benzene rings is 2. The van der Waals surface area contributed by atoms with E-state index >= 15 is 0 Å².